The van der Waals surface area contributed by atoms with Gasteiger partial charge in [-0.1, -0.05) is 6.07 Å². The quantitative estimate of drug-likeness (QED) is 0.941. The highest BCUT2D eigenvalue weighted by atomic mass is 32.1. The largest absolute Gasteiger partial charge is 0.442 e. The van der Waals surface area contributed by atoms with Crippen molar-refractivity contribution in [1.82, 2.24) is 10.3 Å². The van der Waals surface area contributed by atoms with Crippen LogP contribution >= 0.6 is 11.3 Å². The highest BCUT2D eigenvalue weighted by molar-refractivity contribution is 7.13. The number of aromatic nitrogens is 1. The van der Waals surface area contributed by atoms with Crippen molar-refractivity contribution >= 4 is 17.2 Å². The summed E-state index contributed by atoms with van der Waals surface area (Å²) in [6.45, 7) is 0. The van der Waals surface area contributed by atoms with E-state index in [0.717, 1.165) is 17.7 Å². The smallest absolute Gasteiger partial charge is 0.275 e. The summed E-state index contributed by atoms with van der Waals surface area (Å²) in [5.74, 6) is 0.120. The molecule has 0 radical (unpaired) electrons. The van der Waals surface area contributed by atoms with Crippen LogP contribution in [0.25, 0.3) is 10.6 Å². The van der Waals surface area contributed by atoms with E-state index in [4.69, 9.17) is 4.42 Å². The lowest BCUT2D eigenvalue weighted by atomic mass is 9.99. The van der Waals surface area contributed by atoms with Crippen LogP contribution in [0.2, 0.25) is 0 Å². The first-order chi connectivity index (χ1) is 9.74. The van der Waals surface area contributed by atoms with E-state index in [1.54, 1.807) is 0 Å². The Labute approximate surface area is 120 Å². The minimum Gasteiger partial charge on any atom is -0.442 e. The number of nitriles is 1. The van der Waals surface area contributed by atoms with E-state index in [2.05, 4.69) is 16.4 Å². The minimum absolute atomic E-state index is 0.244. The lowest BCUT2D eigenvalue weighted by Gasteiger charge is -2.21. The number of hydrogen-bond donors (Lipinski definition) is 1. The van der Waals surface area contributed by atoms with Crippen molar-refractivity contribution in [3.05, 3.63) is 29.6 Å². The van der Waals surface area contributed by atoms with Crippen molar-refractivity contribution in [1.29, 1.82) is 5.26 Å². The van der Waals surface area contributed by atoms with Gasteiger partial charge in [0.2, 0.25) is 0 Å². The molecule has 1 saturated carbocycles. The Morgan fingerprint density at radius 3 is 2.95 bits per heavy atom. The second-order valence-corrected chi connectivity index (χ2v) is 5.81. The zero-order valence-electron chi connectivity index (χ0n) is 10.8. The Kier molecular flexibility index (Phi) is 3.28. The van der Waals surface area contributed by atoms with Crippen LogP contribution < -0.4 is 5.32 Å². The van der Waals surface area contributed by atoms with E-state index in [1.165, 1.54) is 17.7 Å². The van der Waals surface area contributed by atoms with Gasteiger partial charge in [0.15, 0.2) is 17.8 Å². The summed E-state index contributed by atoms with van der Waals surface area (Å²) in [5.41, 5.74) is -0.503. The maximum atomic E-state index is 12.4. The zero-order chi connectivity index (χ0) is 14.0. The first-order valence-corrected chi connectivity index (χ1v) is 7.33. The molecule has 1 amide bonds. The van der Waals surface area contributed by atoms with Gasteiger partial charge in [0, 0.05) is 0 Å². The van der Waals surface area contributed by atoms with E-state index in [-0.39, 0.29) is 11.6 Å². The van der Waals surface area contributed by atoms with Gasteiger partial charge >= 0.3 is 0 Å². The molecule has 5 nitrogen and oxygen atoms in total. The summed E-state index contributed by atoms with van der Waals surface area (Å²) in [7, 11) is 0. The zero-order valence-corrected chi connectivity index (χ0v) is 11.6. The van der Waals surface area contributed by atoms with Crippen LogP contribution in [0.1, 0.15) is 36.2 Å². The lowest BCUT2D eigenvalue weighted by Crippen LogP contribution is -2.45. The average Bonchev–Trinajstić information content (AvgIpc) is 3.19. The van der Waals surface area contributed by atoms with Crippen molar-refractivity contribution in [2.75, 3.05) is 0 Å². The molecule has 2 aromatic rings. The third-order valence-corrected chi connectivity index (χ3v) is 4.42. The van der Waals surface area contributed by atoms with Gasteiger partial charge in [0.1, 0.15) is 5.54 Å². The van der Waals surface area contributed by atoms with Gasteiger partial charge in [-0.05, 0) is 37.1 Å². The Balaban J connectivity index is 1.85. The van der Waals surface area contributed by atoms with Crippen LogP contribution in [0.4, 0.5) is 0 Å². The molecule has 0 aliphatic heterocycles. The van der Waals surface area contributed by atoms with E-state index >= 15 is 0 Å². The number of hydrogen-bond acceptors (Lipinski definition) is 5. The third kappa shape index (κ3) is 2.21. The van der Waals surface area contributed by atoms with Gasteiger partial charge in [-0.15, -0.1) is 11.3 Å². The second kappa shape index (κ2) is 5.10. The van der Waals surface area contributed by atoms with Crippen molar-refractivity contribution < 1.29 is 9.21 Å². The van der Waals surface area contributed by atoms with E-state index in [0.29, 0.717) is 18.6 Å². The first-order valence-electron chi connectivity index (χ1n) is 6.45. The molecule has 0 aromatic carbocycles. The summed E-state index contributed by atoms with van der Waals surface area (Å²) in [4.78, 5) is 17.2. The molecule has 20 heavy (non-hydrogen) atoms. The van der Waals surface area contributed by atoms with Crippen molar-refractivity contribution in [2.45, 2.75) is 31.2 Å². The molecule has 0 spiro atoms. The molecule has 2 heterocycles. The Morgan fingerprint density at radius 2 is 2.30 bits per heavy atom. The molecule has 1 fully saturated rings. The molecule has 1 aliphatic carbocycles. The molecule has 2 aromatic heterocycles. The summed E-state index contributed by atoms with van der Waals surface area (Å²) in [6, 6.07) is 6.00. The predicted molar refractivity (Wildman–Crippen MR) is 74.1 cm³/mol. The predicted octanol–water partition coefficient (Wildman–Crippen LogP) is 2.97. The number of amides is 1. The molecule has 0 unspecified atom stereocenters. The van der Waals surface area contributed by atoms with Gasteiger partial charge in [-0.25, -0.2) is 4.98 Å². The summed E-state index contributed by atoms with van der Waals surface area (Å²) < 4.78 is 5.32. The fourth-order valence-electron chi connectivity index (χ4n) is 2.51. The van der Waals surface area contributed by atoms with Gasteiger partial charge < -0.3 is 9.73 Å². The maximum absolute atomic E-state index is 12.4. The van der Waals surface area contributed by atoms with Gasteiger partial charge in [0.05, 0.1) is 10.9 Å². The Morgan fingerprint density at radius 1 is 1.50 bits per heavy atom. The number of carbonyl (C=O) groups is 1. The Bertz CT molecular complexity index is 648. The summed E-state index contributed by atoms with van der Waals surface area (Å²) >= 11 is 1.48. The van der Waals surface area contributed by atoms with Crippen molar-refractivity contribution in [3.63, 3.8) is 0 Å². The number of oxazole rings is 1. The number of nitrogens with one attached hydrogen (secondary N) is 1. The minimum atomic E-state index is -0.747. The standard InChI is InChI=1S/C14H13N3O2S/c15-8-14(5-1-2-6-14)17-13(18)11-12(19-9-16-11)10-4-3-7-20-10/h3-4,7,9H,1-2,5-6H2,(H,17,18). The van der Waals surface area contributed by atoms with Crippen molar-refractivity contribution in [2.24, 2.45) is 0 Å². The van der Waals surface area contributed by atoms with E-state index in [1.807, 2.05) is 17.5 Å². The van der Waals surface area contributed by atoms with Crippen LogP contribution in [0.5, 0.6) is 0 Å². The SMILES string of the molecule is N#CC1(NC(=O)c2ncoc2-c2cccs2)CCCC1. The van der Waals surface area contributed by atoms with Crippen molar-refractivity contribution in [3.8, 4) is 16.7 Å². The number of nitrogens with zero attached hydrogens (tertiary/aromatic N) is 2. The van der Waals surface area contributed by atoms with Crippen LogP contribution in [0, 0.1) is 11.3 Å². The maximum Gasteiger partial charge on any atom is 0.275 e. The fraction of sp³-hybridized carbons (Fsp3) is 0.357. The number of carbonyl (C=O) groups excluding carboxylic acids is 1. The van der Waals surface area contributed by atoms with Crippen LogP contribution in [-0.2, 0) is 0 Å². The van der Waals surface area contributed by atoms with E-state index in [9.17, 15) is 10.1 Å². The fourth-order valence-corrected chi connectivity index (χ4v) is 3.22. The van der Waals surface area contributed by atoms with Crippen LogP contribution in [0.15, 0.2) is 28.3 Å². The molecular weight excluding hydrogens is 274 g/mol. The molecule has 0 atom stereocenters. The number of thiophene rings is 1. The summed E-state index contributed by atoms with van der Waals surface area (Å²) in [5, 5.41) is 14.0. The normalized spacial score (nSPS) is 16.8. The molecule has 1 N–H and O–H groups in total. The number of rotatable bonds is 3. The molecule has 3 rings (SSSR count). The first kappa shape index (κ1) is 12.9. The lowest BCUT2D eigenvalue weighted by molar-refractivity contribution is 0.0916. The van der Waals surface area contributed by atoms with E-state index < -0.39 is 5.54 Å². The average molecular weight is 287 g/mol. The topological polar surface area (TPSA) is 78.9 Å². The summed E-state index contributed by atoms with van der Waals surface area (Å²) in [6.07, 6.45) is 4.58. The highest BCUT2D eigenvalue weighted by Crippen LogP contribution is 2.31. The van der Waals surface area contributed by atoms with Gasteiger partial charge in [0.25, 0.3) is 5.91 Å². The van der Waals surface area contributed by atoms with Crippen LogP contribution in [0.3, 0.4) is 0 Å². The monoisotopic (exact) mass is 287 g/mol. The van der Waals surface area contributed by atoms with Gasteiger partial charge in [-0.3, -0.25) is 4.79 Å². The highest BCUT2D eigenvalue weighted by Gasteiger charge is 2.36. The molecular formula is C14H13N3O2S. The molecule has 102 valence electrons. The third-order valence-electron chi connectivity index (χ3n) is 3.55. The Hall–Kier alpha value is -2.13. The molecule has 6 heteroatoms. The van der Waals surface area contributed by atoms with Crippen LogP contribution in [-0.4, -0.2) is 16.4 Å². The molecule has 0 saturated heterocycles. The second-order valence-electron chi connectivity index (χ2n) is 4.86. The molecule has 0 bridgehead atoms. The van der Waals surface area contributed by atoms with Gasteiger partial charge in [-0.2, -0.15) is 5.26 Å². The molecule has 1 aliphatic rings.